The molecule has 1 fully saturated rings. The molecule has 0 saturated carbocycles. The SMILES string of the molecule is CCOc1ccc(S(=O)(=O)N[C@H](C)C(=O)N2CCN(c3cc(Cl)ccc3C)CC2)cc1C. The third-order valence-corrected chi connectivity index (χ3v) is 7.34. The van der Waals surface area contributed by atoms with Gasteiger partial charge in [0.05, 0.1) is 17.5 Å². The molecule has 1 saturated heterocycles. The third kappa shape index (κ3) is 5.54. The number of halogens is 1. The smallest absolute Gasteiger partial charge is 0.241 e. The van der Waals surface area contributed by atoms with Gasteiger partial charge in [-0.3, -0.25) is 4.79 Å². The maximum absolute atomic E-state index is 12.9. The van der Waals surface area contributed by atoms with Crippen LogP contribution in [-0.4, -0.2) is 58.1 Å². The zero-order valence-corrected chi connectivity index (χ0v) is 20.5. The van der Waals surface area contributed by atoms with Crippen molar-refractivity contribution in [3.05, 3.63) is 52.5 Å². The largest absolute Gasteiger partial charge is 0.494 e. The minimum absolute atomic E-state index is 0.111. The molecule has 9 heteroatoms. The lowest BCUT2D eigenvalue weighted by Crippen LogP contribution is -2.54. The number of ether oxygens (including phenoxy) is 1. The van der Waals surface area contributed by atoms with Gasteiger partial charge >= 0.3 is 0 Å². The van der Waals surface area contributed by atoms with Crippen LogP contribution in [0.25, 0.3) is 0 Å². The molecule has 1 heterocycles. The number of rotatable bonds is 7. The third-order valence-electron chi connectivity index (χ3n) is 5.56. The summed E-state index contributed by atoms with van der Waals surface area (Å²) in [5.74, 6) is 0.405. The molecule has 0 aromatic heterocycles. The van der Waals surface area contributed by atoms with E-state index in [0.717, 1.165) is 16.8 Å². The Morgan fingerprint density at radius 3 is 2.41 bits per heavy atom. The Kier molecular flexibility index (Phi) is 7.69. The normalized spacial score (nSPS) is 15.5. The van der Waals surface area contributed by atoms with E-state index in [1.807, 2.05) is 32.0 Å². The van der Waals surface area contributed by atoms with E-state index >= 15 is 0 Å². The summed E-state index contributed by atoms with van der Waals surface area (Å²) in [4.78, 5) is 16.9. The van der Waals surface area contributed by atoms with Crippen molar-refractivity contribution in [3.63, 3.8) is 0 Å². The number of piperazine rings is 1. The van der Waals surface area contributed by atoms with E-state index in [-0.39, 0.29) is 10.8 Å². The summed E-state index contributed by atoms with van der Waals surface area (Å²) < 4.78 is 33.6. The second-order valence-electron chi connectivity index (χ2n) is 7.95. The zero-order valence-electron chi connectivity index (χ0n) is 18.9. The van der Waals surface area contributed by atoms with Crippen molar-refractivity contribution in [2.45, 2.75) is 38.6 Å². The highest BCUT2D eigenvalue weighted by Gasteiger charge is 2.29. The average Bonchev–Trinajstić information content (AvgIpc) is 2.76. The summed E-state index contributed by atoms with van der Waals surface area (Å²) >= 11 is 6.14. The number of aryl methyl sites for hydroxylation is 2. The molecule has 2 aromatic rings. The van der Waals surface area contributed by atoms with Crippen LogP contribution in [0.3, 0.4) is 0 Å². The van der Waals surface area contributed by atoms with E-state index in [1.165, 1.54) is 6.07 Å². The van der Waals surface area contributed by atoms with Crippen LogP contribution in [0.15, 0.2) is 41.3 Å². The van der Waals surface area contributed by atoms with Gasteiger partial charge in [0, 0.05) is 36.9 Å². The number of nitrogens with one attached hydrogen (secondary N) is 1. The summed E-state index contributed by atoms with van der Waals surface area (Å²) in [6, 6.07) is 9.58. The molecule has 0 unspecified atom stereocenters. The second kappa shape index (κ2) is 10.1. The fourth-order valence-electron chi connectivity index (χ4n) is 3.82. The van der Waals surface area contributed by atoms with Crippen molar-refractivity contribution in [3.8, 4) is 5.75 Å². The molecule has 1 N–H and O–H groups in total. The van der Waals surface area contributed by atoms with Gasteiger partial charge in [0.15, 0.2) is 0 Å². The Balaban J connectivity index is 1.62. The molecule has 174 valence electrons. The highest BCUT2D eigenvalue weighted by Crippen LogP contribution is 2.26. The first-order valence-electron chi connectivity index (χ1n) is 10.7. The lowest BCUT2D eigenvalue weighted by Gasteiger charge is -2.37. The van der Waals surface area contributed by atoms with E-state index in [2.05, 4.69) is 9.62 Å². The minimum atomic E-state index is -3.84. The summed E-state index contributed by atoms with van der Waals surface area (Å²) in [6.45, 7) is 10.1. The van der Waals surface area contributed by atoms with Crippen LogP contribution < -0.4 is 14.4 Å². The van der Waals surface area contributed by atoms with E-state index in [9.17, 15) is 13.2 Å². The molecule has 1 aliphatic rings. The molecule has 32 heavy (non-hydrogen) atoms. The van der Waals surface area contributed by atoms with Crippen molar-refractivity contribution < 1.29 is 17.9 Å². The first kappa shape index (κ1) is 24.4. The van der Waals surface area contributed by atoms with Crippen LogP contribution in [0, 0.1) is 13.8 Å². The van der Waals surface area contributed by atoms with Crippen molar-refractivity contribution in [1.82, 2.24) is 9.62 Å². The van der Waals surface area contributed by atoms with Gasteiger partial charge in [-0.05, 0) is 69.2 Å². The number of benzene rings is 2. The van der Waals surface area contributed by atoms with Crippen LogP contribution in [0.1, 0.15) is 25.0 Å². The molecule has 0 aliphatic carbocycles. The quantitative estimate of drug-likeness (QED) is 0.658. The van der Waals surface area contributed by atoms with Crippen molar-refractivity contribution in [1.29, 1.82) is 0 Å². The molecule has 7 nitrogen and oxygen atoms in total. The molecule has 0 radical (unpaired) electrons. The van der Waals surface area contributed by atoms with Crippen LogP contribution in [0.2, 0.25) is 5.02 Å². The first-order chi connectivity index (χ1) is 15.1. The molecule has 3 rings (SSSR count). The lowest BCUT2D eigenvalue weighted by molar-refractivity contribution is -0.132. The van der Waals surface area contributed by atoms with Crippen LogP contribution in [0.4, 0.5) is 5.69 Å². The van der Waals surface area contributed by atoms with Crippen LogP contribution in [0.5, 0.6) is 5.75 Å². The molecular weight excluding hydrogens is 450 g/mol. The number of hydrogen-bond acceptors (Lipinski definition) is 5. The van der Waals surface area contributed by atoms with Crippen molar-refractivity contribution in [2.75, 3.05) is 37.7 Å². The van der Waals surface area contributed by atoms with Crippen LogP contribution >= 0.6 is 11.6 Å². The number of amides is 1. The number of nitrogens with zero attached hydrogens (tertiary/aromatic N) is 2. The van der Waals surface area contributed by atoms with Gasteiger partial charge in [-0.25, -0.2) is 8.42 Å². The van der Waals surface area contributed by atoms with Crippen molar-refractivity contribution >= 4 is 33.2 Å². The number of hydrogen-bond donors (Lipinski definition) is 1. The zero-order chi connectivity index (χ0) is 23.5. The summed E-state index contributed by atoms with van der Waals surface area (Å²) in [6.07, 6.45) is 0. The Bertz CT molecular complexity index is 1080. The van der Waals surface area contributed by atoms with Gasteiger partial charge in [-0.1, -0.05) is 17.7 Å². The van der Waals surface area contributed by atoms with Crippen molar-refractivity contribution in [2.24, 2.45) is 0 Å². The Morgan fingerprint density at radius 2 is 1.78 bits per heavy atom. The van der Waals surface area contributed by atoms with E-state index < -0.39 is 16.1 Å². The summed E-state index contributed by atoms with van der Waals surface area (Å²) in [5.41, 5.74) is 2.91. The maximum Gasteiger partial charge on any atom is 0.241 e. The number of anilines is 1. The van der Waals surface area contributed by atoms with E-state index in [1.54, 1.807) is 30.9 Å². The standard InChI is InChI=1S/C23H30ClN3O4S/c1-5-31-22-9-8-20(14-17(22)3)32(29,30)25-18(4)23(28)27-12-10-26(11-13-27)21-15-19(24)7-6-16(21)2/h6-9,14-15,18,25H,5,10-13H2,1-4H3/t18-/m1/s1. The summed E-state index contributed by atoms with van der Waals surface area (Å²) in [5, 5.41) is 0.677. The molecule has 0 bridgehead atoms. The predicted molar refractivity (Wildman–Crippen MR) is 127 cm³/mol. The Morgan fingerprint density at radius 1 is 1.09 bits per heavy atom. The Hall–Kier alpha value is -2.29. The summed E-state index contributed by atoms with van der Waals surface area (Å²) in [7, 11) is -3.84. The fourth-order valence-corrected chi connectivity index (χ4v) is 5.27. The first-order valence-corrected chi connectivity index (χ1v) is 12.5. The topological polar surface area (TPSA) is 78.9 Å². The van der Waals surface area contributed by atoms with Gasteiger partial charge in [-0.2, -0.15) is 4.72 Å². The molecule has 1 atom stereocenters. The number of carbonyl (C=O) groups excluding carboxylic acids is 1. The highest BCUT2D eigenvalue weighted by molar-refractivity contribution is 7.89. The highest BCUT2D eigenvalue weighted by atomic mass is 35.5. The molecule has 2 aromatic carbocycles. The molecular formula is C23H30ClN3O4S. The minimum Gasteiger partial charge on any atom is -0.494 e. The molecule has 0 spiro atoms. The van der Waals surface area contributed by atoms with Gasteiger partial charge < -0.3 is 14.5 Å². The van der Waals surface area contributed by atoms with Crippen LogP contribution in [-0.2, 0) is 14.8 Å². The maximum atomic E-state index is 12.9. The number of sulfonamides is 1. The van der Waals surface area contributed by atoms with E-state index in [4.69, 9.17) is 16.3 Å². The average molecular weight is 480 g/mol. The van der Waals surface area contributed by atoms with Gasteiger partial charge in [0.2, 0.25) is 15.9 Å². The van der Waals surface area contributed by atoms with E-state index in [0.29, 0.717) is 43.6 Å². The lowest BCUT2D eigenvalue weighted by atomic mass is 10.1. The van der Waals surface area contributed by atoms with Gasteiger partial charge in [-0.15, -0.1) is 0 Å². The predicted octanol–water partition coefficient (Wildman–Crippen LogP) is 3.37. The number of carbonyl (C=O) groups is 1. The Labute approximate surface area is 195 Å². The molecule has 1 aliphatic heterocycles. The second-order valence-corrected chi connectivity index (χ2v) is 10.1. The van der Waals surface area contributed by atoms with Gasteiger partial charge in [0.25, 0.3) is 0 Å². The molecule has 1 amide bonds. The van der Waals surface area contributed by atoms with Gasteiger partial charge in [0.1, 0.15) is 5.75 Å². The fraction of sp³-hybridized carbons (Fsp3) is 0.435. The monoisotopic (exact) mass is 479 g/mol.